The maximum atomic E-state index is 13.9. The highest BCUT2D eigenvalue weighted by molar-refractivity contribution is 6.00. The molecule has 1 aromatic heterocycles. The zero-order chi connectivity index (χ0) is 33.0. The third-order valence-electron chi connectivity index (χ3n) is 8.05. The molecule has 4 bridgehead atoms. The highest BCUT2D eigenvalue weighted by Crippen LogP contribution is 2.33. The number of methoxy groups -OCH3 is 1. The lowest BCUT2D eigenvalue weighted by atomic mass is 10.0. The van der Waals surface area contributed by atoms with E-state index in [4.69, 9.17) is 13.9 Å². The number of hydrogen-bond acceptors (Lipinski definition) is 8. The molecule has 0 radical (unpaired) electrons. The second-order valence-electron chi connectivity index (χ2n) is 11.7. The van der Waals surface area contributed by atoms with Crippen molar-refractivity contribution in [2.24, 2.45) is 5.92 Å². The van der Waals surface area contributed by atoms with Crippen molar-refractivity contribution in [3.8, 4) is 23.0 Å². The Balaban J connectivity index is 1.44. The molecule has 13 nitrogen and oxygen atoms in total. The summed E-state index contributed by atoms with van der Waals surface area (Å²) >= 11 is 0. The fourth-order valence-corrected chi connectivity index (χ4v) is 5.45. The number of aryl methyl sites for hydroxylation is 2. The molecule has 2 aliphatic heterocycles. The second-order valence-corrected chi connectivity index (χ2v) is 11.7. The zero-order valence-corrected chi connectivity index (χ0v) is 26.8. The summed E-state index contributed by atoms with van der Waals surface area (Å²) in [6.07, 6.45) is 0.385. The summed E-state index contributed by atoms with van der Waals surface area (Å²) < 4.78 is 17.5. The van der Waals surface area contributed by atoms with Crippen molar-refractivity contribution in [1.82, 2.24) is 25.8 Å². The molecule has 0 spiro atoms. The SMILES string of the molecule is COc1ccc2cc1OCCCN(C(=O)c1ccc(C)c(N3CCNC3=O)c1)CC(=O)N[C@@H](C(C)C)C(=O)NCc1nc-2oc1C. The molecule has 2 aromatic carbocycles. The van der Waals surface area contributed by atoms with Crippen LogP contribution in [0.15, 0.2) is 40.8 Å². The molecular formula is C33H40N6O7. The molecule has 3 N–H and O–H groups in total. The molecule has 0 aliphatic carbocycles. The Labute approximate surface area is 267 Å². The third kappa shape index (κ3) is 7.08. The van der Waals surface area contributed by atoms with E-state index in [-0.39, 0.29) is 50.0 Å². The van der Waals surface area contributed by atoms with Crippen molar-refractivity contribution in [2.45, 2.75) is 46.7 Å². The summed E-state index contributed by atoms with van der Waals surface area (Å²) in [4.78, 5) is 60.6. The first-order chi connectivity index (χ1) is 22.0. The third-order valence-corrected chi connectivity index (χ3v) is 8.05. The van der Waals surface area contributed by atoms with E-state index in [0.717, 1.165) is 5.56 Å². The molecular weight excluding hydrogens is 592 g/mol. The summed E-state index contributed by atoms with van der Waals surface area (Å²) in [5.41, 5.74) is 3.04. The van der Waals surface area contributed by atoms with Gasteiger partial charge in [-0.2, -0.15) is 0 Å². The normalized spacial score (nSPS) is 17.9. The molecule has 3 heterocycles. The van der Waals surface area contributed by atoms with Crippen LogP contribution in [-0.2, 0) is 16.1 Å². The molecule has 1 atom stereocenters. The first kappa shape index (κ1) is 32.3. The van der Waals surface area contributed by atoms with E-state index in [0.29, 0.717) is 65.2 Å². The molecule has 244 valence electrons. The lowest BCUT2D eigenvalue weighted by molar-refractivity contribution is -0.130. The van der Waals surface area contributed by atoms with E-state index < -0.39 is 11.9 Å². The molecule has 3 aromatic rings. The van der Waals surface area contributed by atoms with Gasteiger partial charge in [0.1, 0.15) is 17.5 Å². The van der Waals surface area contributed by atoms with E-state index in [1.165, 1.54) is 4.90 Å². The number of carbonyl (C=O) groups excluding carboxylic acids is 4. The fraction of sp³-hybridized carbons (Fsp3) is 0.424. The molecule has 5 rings (SSSR count). The van der Waals surface area contributed by atoms with Crippen molar-refractivity contribution >= 4 is 29.4 Å². The van der Waals surface area contributed by atoms with Crippen molar-refractivity contribution in [1.29, 1.82) is 0 Å². The number of oxazole rings is 1. The number of aromatic nitrogens is 1. The Morgan fingerprint density at radius 2 is 1.87 bits per heavy atom. The van der Waals surface area contributed by atoms with Crippen LogP contribution in [0.25, 0.3) is 11.5 Å². The van der Waals surface area contributed by atoms with Crippen LogP contribution >= 0.6 is 0 Å². The summed E-state index contributed by atoms with van der Waals surface area (Å²) in [6, 6.07) is 9.42. The van der Waals surface area contributed by atoms with Gasteiger partial charge in [-0.25, -0.2) is 9.78 Å². The average molecular weight is 633 g/mol. The number of fused-ring (bicyclic) bond motifs is 5. The summed E-state index contributed by atoms with van der Waals surface area (Å²) in [7, 11) is 1.54. The van der Waals surface area contributed by atoms with Crippen molar-refractivity contribution in [3.63, 3.8) is 0 Å². The number of urea groups is 1. The van der Waals surface area contributed by atoms with E-state index in [1.807, 2.05) is 26.8 Å². The lowest BCUT2D eigenvalue weighted by Crippen LogP contribution is -2.52. The van der Waals surface area contributed by atoms with Crippen LogP contribution in [0.1, 0.15) is 47.6 Å². The number of rotatable bonds is 4. The van der Waals surface area contributed by atoms with Crippen LogP contribution in [0.5, 0.6) is 11.5 Å². The maximum Gasteiger partial charge on any atom is 0.322 e. The van der Waals surface area contributed by atoms with E-state index in [1.54, 1.807) is 49.3 Å². The van der Waals surface area contributed by atoms with Crippen LogP contribution in [0.3, 0.4) is 0 Å². The summed E-state index contributed by atoms with van der Waals surface area (Å²) in [5, 5.41) is 8.46. The highest BCUT2D eigenvalue weighted by Gasteiger charge is 2.28. The summed E-state index contributed by atoms with van der Waals surface area (Å²) in [5.74, 6) is 0.423. The van der Waals surface area contributed by atoms with Gasteiger partial charge in [-0.15, -0.1) is 0 Å². The van der Waals surface area contributed by atoms with Gasteiger partial charge in [0, 0.05) is 36.4 Å². The molecule has 0 saturated carbocycles. The molecule has 1 saturated heterocycles. The number of benzene rings is 2. The quantitative estimate of drug-likeness (QED) is 0.396. The molecule has 13 heteroatoms. The Bertz CT molecular complexity index is 1630. The molecule has 1 fully saturated rings. The van der Waals surface area contributed by atoms with Crippen LogP contribution in [-0.4, -0.2) is 79.6 Å². The van der Waals surface area contributed by atoms with Gasteiger partial charge < -0.3 is 34.7 Å². The molecule has 0 unspecified atom stereocenters. The number of anilines is 1. The standard InChI is InChI=1S/C33H40N6O7/c1-19(2)29-30(41)35-17-24-21(4)46-31(36-24)22-9-10-26(44-5)27(16-22)45-14-6-12-38(18-28(40)37-29)32(42)23-8-7-20(3)25(15-23)39-13-11-34-33(39)43/h7-10,15-16,19,29H,6,11-14,17-18H2,1-5H3,(H,34,43)(H,35,41)(H,37,40)/t29-/m0/s1. The van der Waals surface area contributed by atoms with E-state index >= 15 is 0 Å². The van der Waals surface area contributed by atoms with E-state index in [2.05, 4.69) is 20.9 Å². The van der Waals surface area contributed by atoms with Gasteiger partial charge >= 0.3 is 6.03 Å². The second kappa shape index (κ2) is 13.9. The number of carbonyl (C=O) groups is 4. The maximum absolute atomic E-state index is 13.9. The Morgan fingerprint density at radius 1 is 1.07 bits per heavy atom. The Kier molecular flexibility index (Phi) is 9.78. The molecule has 46 heavy (non-hydrogen) atoms. The highest BCUT2D eigenvalue weighted by atomic mass is 16.5. The minimum absolute atomic E-state index is 0.0994. The number of hydrogen-bond donors (Lipinski definition) is 3. The molecule has 5 amide bonds. The first-order valence-corrected chi connectivity index (χ1v) is 15.4. The minimum Gasteiger partial charge on any atom is -0.493 e. The predicted octanol–water partition coefficient (Wildman–Crippen LogP) is 3.18. The number of nitrogens with one attached hydrogen (secondary N) is 3. The zero-order valence-electron chi connectivity index (χ0n) is 26.8. The van der Waals surface area contributed by atoms with Crippen molar-refractivity contribution in [2.75, 3.05) is 44.8 Å². The largest absolute Gasteiger partial charge is 0.493 e. The first-order valence-electron chi connectivity index (χ1n) is 15.4. The number of amides is 5. The monoisotopic (exact) mass is 632 g/mol. The smallest absolute Gasteiger partial charge is 0.322 e. The van der Waals surface area contributed by atoms with Gasteiger partial charge in [0.05, 0.1) is 26.8 Å². The number of nitrogens with zero attached hydrogens (tertiary/aromatic N) is 3. The fourth-order valence-electron chi connectivity index (χ4n) is 5.45. The van der Waals surface area contributed by atoms with E-state index in [9.17, 15) is 19.2 Å². The predicted molar refractivity (Wildman–Crippen MR) is 170 cm³/mol. The van der Waals surface area contributed by atoms with Crippen molar-refractivity contribution in [3.05, 3.63) is 59.0 Å². The van der Waals surface area contributed by atoms with Gasteiger partial charge in [0.15, 0.2) is 11.5 Å². The van der Waals surface area contributed by atoms with Gasteiger partial charge in [0.25, 0.3) is 5.91 Å². The summed E-state index contributed by atoms with van der Waals surface area (Å²) in [6.45, 7) is 8.52. The Hall–Kier alpha value is -5.07. The molecule has 2 aliphatic rings. The van der Waals surface area contributed by atoms with Crippen LogP contribution in [0.2, 0.25) is 0 Å². The van der Waals surface area contributed by atoms with Gasteiger partial charge in [-0.1, -0.05) is 19.9 Å². The lowest BCUT2D eigenvalue weighted by Gasteiger charge is -2.26. The minimum atomic E-state index is -0.845. The van der Waals surface area contributed by atoms with Gasteiger partial charge in [0.2, 0.25) is 17.7 Å². The Morgan fingerprint density at radius 3 is 2.59 bits per heavy atom. The topological polar surface area (TPSA) is 155 Å². The van der Waals surface area contributed by atoms with Crippen LogP contribution in [0, 0.1) is 19.8 Å². The van der Waals surface area contributed by atoms with Crippen molar-refractivity contribution < 1.29 is 33.1 Å². The van der Waals surface area contributed by atoms with Gasteiger partial charge in [-0.05, 0) is 62.1 Å². The number of ether oxygens (including phenoxy) is 2. The average Bonchev–Trinajstić information content (AvgIpc) is 3.63. The van der Waals surface area contributed by atoms with Crippen LogP contribution < -0.4 is 30.3 Å². The van der Waals surface area contributed by atoms with Gasteiger partial charge in [-0.3, -0.25) is 19.3 Å². The van der Waals surface area contributed by atoms with Crippen LogP contribution in [0.4, 0.5) is 10.5 Å².